The van der Waals surface area contributed by atoms with E-state index in [0.717, 1.165) is 0 Å². The van der Waals surface area contributed by atoms with Gasteiger partial charge in [0.25, 0.3) is 5.91 Å². The number of pyridine rings is 1. The summed E-state index contributed by atoms with van der Waals surface area (Å²) in [6.45, 7) is 0.622. The lowest BCUT2D eigenvalue weighted by atomic mass is 10.3. The van der Waals surface area contributed by atoms with Crippen LogP contribution in [0.1, 0.15) is 10.4 Å². The van der Waals surface area contributed by atoms with E-state index in [1.807, 2.05) is 0 Å². The van der Waals surface area contributed by atoms with Gasteiger partial charge in [0, 0.05) is 6.20 Å². The zero-order valence-corrected chi connectivity index (χ0v) is 11.2. The molecule has 0 aliphatic rings. The molecule has 1 aromatic carbocycles. The lowest BCUT2D eigenvalue weighted by Gasteiger charge is -2.07. The first-order valence-electron chi connectivity index (χ1n) is 5.93. The van der Waals surface area contributed by atoms with Gasteiger partial charge in [0.2, 0.25) is 0 Å². The maximum atomic E-state index is 12.7. The monoisotopic (exact) mass is 294 g/mol. The van der Waals surface area contributed by atoms with Crippen molar-refractivity contribution in [1.29, 1.82) is 0 Å². The number of rotatable bonds is 5. The summed E-state index contributed by atoms with van der Waals surface area (Å²) in [5.74, 6) is -0.0217. The number of amides is 1. The standard InChI is InChI=1S/C14H12ClFN2O2/c15-13-6-1-10(9-18-13)14(19)17-7-8-20-12-4-2-11(16)3-5-12/h1-6,9H,7-8H2,(H,17,19). The molecule has 104 valence electrons. The summed E-state index contributed by atoms with van der Waals surface area (Å²) in [6, 6.07) is 8.82. The summed E-state index contributed by atoms with van der Waals surface area (Å²) in [4.78, 5) is 15.5. The number of hydrogen-bond acceptors (Lipinski definition) is 3. The third kappa shape index (κ3) is 4.20. The van der Waals surface area contributed by atoms with E-state index in [1.54, 1.807) is 12.1 Å². The Morgan fingerprint density at radius 3 is 2.65 bits per heavy atom. The summed E-state index contributed by atoms with van der Waals surface area (Å²) in [5.41, 5.74) is 0.427. The van der Waals surface area contributed by atoms with Crippen LogP contribution in [0.15, 0.2) is 42.6 Å². The summed E-state index contributed by atoms with van der Waals surface area (Å²) in [7, 11) is 0. The van der Waals surface area contributed by atoms with Crippen LogP contribution >= 0.6 is 11.6 Å². The van der Waals surface area contributed by atoms with E-state index < -0.39 is 0 Å². The van der Waals surface area contributed by atoms with Gasteiger partial charge in [0.15, 0.2) is 0 Å². The maximum absolute atomic E-state index is 12.7. The molecule has 1 amide bonds. The van der Waals surface area contributed by atoms with Gasteiger partial charge in [-0.2, -0.15) is 0 Å². The van der Waals surface area contributed by atoms with Gasteiger partial charge in [0.05, 0.1) is 12.1 Å². The summed E-state index contributed by atoms with van der Waals surface area (Å²) >= 11 is 5.63. The van der Waals surface area contributed by atoms with Gasteiger partial charge in [0.1, 0.15) is 23.3 Å². The largest absolute Gasteiger partial charge is 0.492 e. The van der Waals surface area contributed by atoms with Crippen molar-refractivity contribution in [1.82, 2.24) is 10.3 Å². The minimum Gasteiger partial charge on any atom is -0.492 e. The van der Waals surface area contributed by atoms with E-state index in [-0.39, 0.29) is 11.7 Å². The molecule has 1 aromatic heterocycles. The zero-order valence-electron chi connectivity index (χ0n) is 10.5. The van der Waals surface area contributed by atoms with Crippen molar-refractivity contribution in [3.05, 3.63) is 59.1 Å². The average Bonchev–Trinajstić information content (AvgIpc) is 2.46. The van der Waals surface area contributed by atoms with E-state index in [9.17, 15) is 9.18 Å². The highest BCUT2D eigenvalue weighted by atomic mass is 35.5. The van der Waals surface area contributed by atoms with Crippen LogP contribution in [0.25, 0.3) is 0 Å². The quantitative estimate of drug-likeness (QED) is 0.681. The molecule has 4 nitrogen and oxygen atoms in total. The average molecular weight is 295 g/mol. The number of benzene rings is 1. The molecule has 1 heterocycles. The Balaban J connectivity index is 1.74. The van der Waals surface area contributed by atoms with Crippen molar-refractivity contribution in [2.45, 2.75) is 0 Å². The Hall–Kier alpha value is -2.14. The molecule has 20 heavy (non-hydrogen) atoms. The highest BCUT2D eigenvalue weighted by molar-refractivity contribution is 6.29. The lowest BCUT2D eigenvalue weighted by molar-refractivity contribution is 0.0946. The van der Waals surface area contributed by atoms with Gasteiger partial charge in [-0.05, 0) is 36.4 Å². The first-order chi connectivity index (χ1) is 9.65. The molecule has 0 aliphatic heterocycles. The van der Waals surface area contributed by atoms with Crippen LogP contribution < -0.4 is 10.1 Å². The van der Waals surface area contributed by atoms with Crippen LogP contribution in [-0.2, 0) is 0 Å². The van der Waals surface area contributed by atoms with Crippen LogP contribution in [0.2, 0.25) is 5.15 Å². The van der Waals surface area contributed by atoms with Crippen molar-refractivity contribution in [3.8, 4) is 5.75 Å². The Kier molecular flexibility index (Phi) is 4.90. The SMILES string of the molecule is O=C(NCCOc1ccc(F)cc1)c1ccc(Cl)nc1. The van der Waals surface area contributed by atoms with Gasteiger partial charge in [-0.3, -0.25) is 4.79 Å². The molecule has 0 unspecified atom stereocenters. The molecule has 0 saturated heterocycles. The molecule has 0 aliphatic carbocycles. The Labute approximate surface area is 120 Å². The number of halogens is 2. The second-order valence-corrected chi connectivity index (χ2v) is 4.32. The van der Waals surface area contributed by atoms with Crippen LogP contribution in [0, 0.1) is 5.82 Å². The molecule has 0 spiro atoms. The number of carbonyl (C=O) groups excluding carboxylic acids is 1. The van der Waals surface area contributed by atoms with E-state index >= 15 is 0 Å². The van der Waals surface area contributed by atoms with Gasteiger partial charge < -0.3 is 10.1 Å². The highest BCUT2D eigenvalue weighted by Crippen LogP contribution is 2.10. The minimum absolute atomic E-state index is 0.253. The molecule has 2 aromatic rings. The zero-order chi connectivity index (χ0) is 14.4. The Bertz CT molecular complexity index is 573. The molecule has 0 atom stereocenters. The molecule has 0 fully saturated rings. The molecule has 0 radical (unpaired) electrons. The van der Waals surface area contributed by atoms with E-state index in [1.165, 1.54) is 30.5 Å². The van der Waals surface area contributed by atoms with Crippen LogP contribution in [-0.4, -0.2) is 24.0 Å². The Morgan fingerprint density at radius 2 is 2.00 bits per heavy atom. The molecule has 6 heteroatoms. The second-order valence-electron chi connectivity index (χ2n) is 3.93. The Morgan fingerprint density at radius 1 is 1.25 bits per heavy atom. The van der Waals surface area contributed by atoms with Gasteiger partial charge in [-0.15, -0.1) is 0 Å². The van der Waals surface area contributed by atoms with Gasteiger partial charge >= 0.3 is 0 Å². The van der Waals surface area contributed by atoms with Crippen LogP contribution in [0.3, 0.4) is 0 Å². The van der Waals surface area contributed by atoms with E-state index in [0.29, 0.717) is 29.6 Å². The molecule has 0 saturated carbocycles. The number of ether oxygens (including phenoxy) is 1. The van der Waals surface area contributed by atoms with Crippen molar-refractivity contribution in [2.75, 3.05) is 13.2 Å². The van der Waals surface area contributed by atoms with Crippen molar-refractivity contribution >= 4 is 17.5 Å². The summed E-state index contributed by atoms with van der Waals surface area (Å²) < 4.78 is 18.0. The normalized spacial score (nSPS) is 10.1. The molecular weight excluding hydrogens is 283 g/mol. The van der Waals surface area contributed by atoms with Gasteiger partial charge in [-0.1, -0.05) is 11.6 Å². The van der Waals surface area contributed by atoms with Crippen LogP contribution in [0.4, 0.5) is 4.39 Å². The predicted octanol–water partition coefficient (Wildman–Crippen LogP) is 2.68. The summed E-state index contributed by atoms with van der Waals surface area (Å²) in [5, 5.41) is 3.01. The first kappa shape index (κ1) is 14.3. The number of aromatic nitrogens is 1. The fraction of sp³-hybridized carbons (Fsp3) is 0.143. The van der Waals surface area contributed by atoms with Crippen molar-refractivity contribution in [3.63, 3.8) is 0 Å². The number of nitrogens with one attached hydrogen (secondary N) is 1. The molecule has 0 bridgehead atoms. The van der Waals surface area contributed by atoms with E-state index in [2.05, 4.69) is 10.3 Å². The fourth-order valence-corrected chi connectivity index (χ4v) is 1.59. The number of carbonyl (C=O) groups is 1. The maximum Gasteiger partial charge on any atom is 0.252 e. The lowest BCUT2D eigenvalue weighted by Crippen LogP contribution is -2.28. The highest BCUT2D eigenvalue weighted by Gasteiger charge is 2.05. The van der Waals surface area contributed by atoms with Gasteiger partial charge in [-0.25, -0.2) is 9.37 Å². The molecule has 1 N–H and O–H groups in total. The number of nitrogens with zero attached hydrogens (tertiary/aromatic N) is 1. The number of hydrogen-bond donors (Lipinski definition) is 1. The van der Waals surface area contributed by atoms with Crippen molar-refractivity contribution in [2.24, 2.45) is 0 Å². The molecular formula is C14H12ClFN2O2. The third-order valence-corrected chi connectivity index (χ3v) is 2.68. The van der Waals surface area contributed by atoms with Crippen LogP contribution in [0.5, 0.6) is 5.75 Å². The second kappa shape index (κ2) is 6.86. The summed E-state index contributed by atoms with van der Waals surface area (Å²) in [6.07, 6.45) is 1.40. The van der Waals surface area contributed by atoms with E-state index in [4.69, 9.17) is 16.3 Å². The molecule has 2 rings (SSSR count). The topological polar surface area (TPSA) is 51.2 Å². The third-order valence-electron chi connectivity index (χ3n) is 2.46. The van der Waals surface area contributed by atoms with Crippen molar-refractivity contribution < 1.29 is 13.9 Å². The minimum atomic E-state index is -0.319. The fourth-order valence-electron chi connectivity index (χ4n) is 1.48. The first-order valence-corrected chi connectivity index (χ1v) is 6.31. The smallest absolute Gasteiger partial charge is 0.252 e. The predicted molar refractivity (Wildman–Crippen MR) is 73.5 cm³/mol.